The van der Waals surface area contributed by atoms with E-state index >= 15 is 0 Å². The molecule has 2 N–H and O–H groups in total. The fraction of sp³-hybridized carbons (Fsp3) is 0.571. The van der Waals surface area contributed by atoms with Crippen LogP contribution in [-0.2, 0) is 5.54 Å². The van der Waals surface area contributed by atoms with Crippen LogP contribution in [0.5, 0.6) is 17.2 Å². The first-order valence-electron chi connectivity index (χ1n) is 6.35. The minimum atomic E-state index is -0.619. The lowest BCUT2D eigenvalue weighted by atomic mass is 9.87. The monoisotopic (exact) mass is 269 g/mol. The van der Waals surface area contributed by atoms with E-state index in [-0.39, 0.29) is 5.75 Å². The van der Waals surface area contributed by atoms with E-state index in [2.05, 4.69) is 0 Å². The van der Waals surface area contributed by atoms with E-state index in [4.69, 9.17) is 19.9 Å². The van der Waals surface area contributed by atoms with E-state index in [9.17, 15) is 4.39 Å². The Kier molecular flexibility index (Phi) is 3.85. The normalized spacial score (nSPS) is 17.3. The molecule has 1 fully saturated rings. The van der Waals surface area contributed by atoms with Gasteiger partial charge < -0.3 is 19.9 Å². The third kappa shape index (κ3) is 2.23. The van der Waals surface area contributed by atoms with E-state index in [1.807, 2.05) is 0 Å². The van der Waals surface area contributed by atoms with Crippen molar-refractivity contribution in [3.8, 4) is 17.2 Å². The Hall–Kier alpha value is -1.49. The summed E-state index contributed by atoms with van der Waals surface area (Å²) in [6.45, 7) is 0. The van der Waals surface area contributed by atoms with Crippen molar-refractivity contribution in [3.05, 3.63) is 17.4 Å². The molecule has 19 heavy (non-hydrogen) atoms. The number of rotatable bonds is 4. The summed E-state index contributed by atoms with van der Waals surface area (Å²) in [4.78, 5) is 0. The Morgan fingerprint density at radius 3 is 2.11 bits per heavy atom. The van der Waals surface area contributed by atoms with Gasteiger partial charge in [-0.05, 0) is 12.8 Å². The highest BCUT2D eigenvalue weighted by atomic mass is 19.1. The SMILES string of the molecule is COc1cc(F)c(OC)c(C2(N)CCCC2)c1OC. The predicted molar refractivity (Wildman–Crippen MR) is 70.4 cm³/mol. The van der Waals surface area contributed by atoms with Gasteiger partial charge in [0.15, 0.2) is 23.1 Å². The molecule has 0 amide bonds. The number of hydrogen-bond donors (Lipinski definition) is 1. The average molecular weight is 269 g/mol. The summed E-state index contributed by atoms with van der Waals surface area (Å²) >= 11 is 0. The van der Waals surface area contributed by atoms with Crippen LogP contribution in [0.1, 0.15) is 31.2 Å². The average Bonchev–Trinajstić information content (AvgIpc) is 2.85. The lowest BCUT2D eigenvalue weighted by Gasteiger charge is -2.29. The van der Waals surface area contributed by atoms with Crippen molar-refractivity contribution in [2.75, 3.05) is 21.3 Å². The van der Waals surface area contributed by atoms with Gasteiger partial charge in [0.25, 0.3) is 0 Å². The molecule has 0 aliphatic heterocycles. The maximum atomic E-state index is 14.1. The maximum Gasteiger partial charge on any atom is 0.169 e. The third-order valence-corrected chi connectivity index (χ3v) is 3.77. The molecule has 1 aromatic rings. The first kappa shape index (κ1) is 13.9. The number of nitrogens with two attached hydrogens (primary N) is 1. The molecule has 0 spiro atoms. The number of methoxy groups -OCH3 is 3. The zero-order chi connectivity index (χ0) is 14.0. The molecule has 0 unspecified atom stereocenters. The molecule has 1 aliphatic carbocycles. The van der Waals surface area contributed by atoms with Crippen LogP contribution in [0.3, 0.4) is 0 Å². The van der Waals surface area contributed by atoms with Crippen molar-refractivity contribution in [3.63, 3.8) is 0 Å². The Balaban J connectivity index is 2.70. The molecule has 1 aliphatic rings. The van der Waals surface area contributed by atoms with Crippen LogP contribution in [0.25, 0.3) is 0 Å². The lowest BCUT2D eigenvalue weighted by molar-refractivity contribution is 0.311. The highest BCUT2D eigenvalue weighted by Gasteiger charge is 2.39. The van der Waals surface area contributed by atoms with Gasteiger partial charge in [0, 0.05) is 11.6 Å². The second-order valence-corrected chi connectivity index (χ2v) is 4.87. The molecule has 2 rings (SSSR count). The van der Waals surface area contributed by atoms with E-state index in [0.717, 1.165) is 25.7 Å². The largest absolute Gasteiger partial charge is 0.493 e. The minimum Gasteiger partial charge on any atom is -0.493 e. The maximum absolute atomic E-state index is 14.1. The van der Waals surface area contributed by atoms with Crippen LogP contribution in [0.4, 0.5) is 4.39 Å². The van der Waals surface area contributed by atoms with Crippen molar-refractivity contribution >= 4 is 0 Å². The minimum absolute atomic E-state index is 0.155. The van der Waals surface area contributed by atoms with Crippen LogP contribution >= 0.6 is 0 Å². The van der Waals surface area contributed by atoms with Gasteiger partial charge in [-0.15, -0.1) is 0 Å². The predicted octanol–water partition coefficient (Wildman–Crippen LogP) is 2.58. The summed E-state index contributed by atoms with van der Waals surface area (Å²) in [5.74, 6) is 0.478. The van der Waals surface area contributed by atoms with Crippen molar-refractivity contribution in [2.24, 2.45) is 5.73 Å². The van der Waals surface area contributed by atoms with Gasteiger partial charge in [0.2, 0.25) is 0 Å². The van der Waals surface area contributed by atoms with Gasteiger partial charge in [0.05, 0.1) is 26.9 Å². The number of benzene rings is 1. The summed E-state index contributed by atoms with van der Waals surface area (Å²) in [5.41, 5.74) is 6.40. The van der Waals surface area contributed by atoms with E-state index < -0.39 is 11.4 Å². The molecular weight excluding hydrogens is 249 g/mol. The molecule has 0 bridgehead atoms. The van der Waals surface area contributed by atoms with Crippen LogP contribution in [0.2, 0.25) is 0 Å². The summed E-state index contributed by atoms with van der Waals surface area (Å²) in [6.07, 6.45) is 3.60. The fourth-order valence-corrected chi connectivity index (χ4v) is 2.85. The first-order valence-corrected chi connectivity index (χ1v) is 6.35. The molecule has 0 heterocycles. The van der Waals surface area contributed by atoms with Crippen molar-refractivity contribution < 1.29 is 18.6 Å². The van der Waals surface area contributed by atoms with Crippen molar-refractivity contribution in [2.45, 2.75) is 31.2 Å². The summed E-state index contributed by atoms with van der Waals surface area (Å²) in [6, 6.07) is 1.26. The Bertz CT molecular complexity index is 470. The van der Waals surface area contributed by atoms with E-state index in [1.54, 1.807) is 0 Å². The third-order valence-electron chi connectivity index (χ3n) is 3.77. The second-order valence-electron chi connectivity index (χ2n) is 4.87. The van der Waals surface area contributed by atoms with Crippen LogP contribution in [0, 0.1) is 5.82 Å². The van der Waals surface area contributed by atoms with Gasteiger partial charge in [-0.25, -0.2) is 4.39 Å². The van der Waals surface area contributed by atoms with E-state index in [1.165, 1.54) is 27.4 Å². The van der Waals surface area contributed by atoms with Crippen LogP contribution in [0.15, 0.2) is 6.07 Å². The Morgan fingerprint density at radius 2 is 1.63 bits per heavy atom. The molecule has 1 aromatic carbocycles. The van der Waals surface area contributed by atoms with E-state index in [0.29, 0.717) is 17.1 Å². The zero-order valence-electron chi connectivity index (χ0n) is 11.6. The standard InChI is InChI=1S/C14H20FNO3/c1-17-10-8-9(15)12(18-2)11(13(10)19-3)14(16)6-4-5-7-14/h8H,4-7,16H2,1-3H3. The lowest BCUT2D eigenvalue weighted by Crippen LogP contribution is -2.34. The zero-order valence-corrected chi connectivity index (χ0v) is 11.6. The topological polar surface area (TPSA) is 53.7 Å². The molecule has 106 valence electrons. The van der Waals surface area contributed by atoms with Gasteiger partial charge in [-0.3, -0.25) is 0 Å². The number of hydrogen-bond acceptors (Lipinski definition) is 4. The quantitative estimate of drug-likeness (QED) is 0.912. The molecular formula is C14H20FNO3. The number of halogens is 1. The molecule has 1 saturated carbocycles. The number of ether oxygens (including phenoxy) is 3. The van der Waals surface area contributed by atoms with Crippen LogP contribution in [-0.4, -0.2) is 21.3 Å². The summed E-state index contributed by atoms with van der Waals surface area (Å²) in [7, 11) is 4.44. The van der Waals surface area contributed by atoms with Crippen molar-refractivity contribution in [1.29, 1.82) is 0 Å². The smallest absolute Gasteiger partial charge is 0.169 e. The summed E-state index contributed by atoms with van der Waals surface area (Å²) < 4.78 is 29.9. The highest BCUT2D eigenvalue weighted by Crippen LogP contribution is 2.49. The molecule has 0 atom stereocenters. The molecule has 5 heteroatoms. The van der Waals surface area contributed by atoms with Crippen molar-refractivity contribution in [1.82, 2.24) is 0 Å². The highest BCUT2D eigenvalue weighted by molar-refractivity contribution is 5.58. The molecule has 0 saturated heterocycles. The van der Waals surface area contributed by atoms with Gasteiger partial charge >= 0.3 is 0 Å². The Morgan fingerprint density at radius 1 is 1.05 bits per heavy atom. The summed E-state index contributed by atoms with van der Waals surface area (Å²) in [5, 5.41) is 0. The van der Waals surface area contributed by atoms with Gasteiger partial charge in [0.1, 0.15) is 0 Å². The molecule has 0 aromatic heterocycles. The fourth-order valence-electron chi connectivity index (χ4n) is 2.85. The van der Waals surface area contributed by atoms with Gasteiger partial charge in [-0.1, -0.05) is 12.8 Å². The molecule has 0 radical (unpaired) electrons. The van der Waals surface area contributed by atoms with Crippen LogP contribution < -0.4 is 19.9 Å². The van der Waals surface area contributed by atoms with Gasteiger partial charge in [-0.2, -0.15) is 0 Å². The second kappa shape index (κ2) is 5.25. The first-order chi connectivity index (χ1) is 9.07. The Labute approximate surface area is 112 Å². The molecule has 4 nitrogen and oxygen atoms in total.